The molecule has 0 atom stereocenters. The van der Waals surface area contributed by atoms with Crippen molar-refractivity contribution in [1.82, 2.24) is 5.32 Å². The second-order valence-electron chi connectivity index (χ2n) is 6.61. The third-order valence-corrected chi connectivity index (χ3v) is 4.18. The quantitative estimate of drug-likeness (QED) is 0.901. The van der Waals surface area contributed by atoms with Gasteiger partial charge in [-0.25, -0.2) is 0 Å². The number of ether oxygens (including phenoxy) is 2. The number of carbonyl (C=O) groups is 1. The lowest BCUT2D eigenvalue weighted by Gasteiger charge is -2.27. The van der Waals surface area contributed by atoms with Crippen LogP contribution in [0.4, 0.5) is 0 Å². The SMILES string of the molecule is COc1ccccc1CCNC(=O)c1ccc2c(c1)C=CC(C)(C)O2. The second kappa shape index (κ2) is 7.01. The smallest absolute Gasteiger partial charge is 0.251 e. The van der Waals surface area contributed by atoms with Gasteiger partial charge in [0.25, 0.3) is 5.91 Å². The van der Waals surface area contributed by atoms with Gasteiger partial charge in [0.2, 0.25) is 0 Å². The maximum absolute atomic E-state index is 12.4. The number of rotatable bonds is 5. The number of amides is 1. The largest absolute Gasteiger partial charge is 0.496 e. The molecule has 0 aromatic heterocycles. The van der Waals surface area contributed by atoms with Gasteiger partial charge in [-0.3, -0.25) is 4.79 Å². The van der Waals surface area contributed by atoms with Crippen molar-refractivity contribution in [2.45, 2.75) is 25.9 Å². The average Bonchev–Trinajstić information content (AvgIpc) is 2.61. The Kier molecular flexibility index (Phi) is 4.79. The molecule has 0 bridgehead atoms. The van der Waals surface area contributed by atoms with E-state index in [-0.39, 0.29) is 11.5 Å². The lowest BCUT2D eigenvalue weighted by atomic mass is 10.0. The summed E-state index contributed by atoms with van der Waals surface area (Å²) >= 11 is 0. The van der Waals surface area contributed by atoms with Crippen LogP contribution >= 0.6 is 0 Å². The highest BCUT2D eigenvalue weighted by Gasteiger charge is 2.22. The Balaban J connectivity index is 1.62. The van der Waals surface area contributed by atoms with Crippen LogP contribution in [-0.4, -0.2) is 25.2 Å². The van der Waals surface area contributed by atoms with Crippen molar-refractivity contribution in [2.24, 2.45) is 0 Å². The predicted octanol–water partition coefficient (Wildman–Crippen LogP) is 3.85. The molecule has 0 spiro atoms. The van der Waals surface area contributed by atoms with E-state index in [1.54, 1.807) is 13.2 Å². The Morgan fingerprint density at radius 2 is 2.00 bits per heavy atom. The fourth-order valence-electron chi connectivity index (χ4n) is 2.84. The summed E-state index contributed by atoms with van der Waals surface area (Å²) in [5.74, 6) is 1.56. The molecule has 1 aliphatic heterocycles. The molecule has 4 heteroatoms. The zero-order chi connectivity index (χ0) is 17.9. The van der Waals surface area contributed by atoms with Crippen LogP contribution < -0.4 is 14.8 Å². The lowest BCUT2D eigenvalue weighted by molar-refractivity contribution is 0.0954. The monoisotopic (exact) mass is 337 g/mol. The first-order valence-electron chi connectivity index (χ1n) is 8.41. The zero-order valence-electron chi connectivity index (χ0n) is 14.8. The third-order valence-electron chi connectivity index (χ3n) is 4.18. The van der Waals surface area contributed by atoms with Gasteiger partial charge in [0.05, 0.1) is 7.11 Å². The molecule has 3 rings (SSSR count). The second-order valence-corrected chi connectivity index (χ2v) is 6.61. The fraction of sp³-hybridized carbons (Fsp3) is 0.286. The van der Waals surface area contributed by atoms with Gasteiger partial charge in [0.1, 0.15) is 17.1 Å². The third kappa shape index (κ3) is 4.02. The lowest BCUT2D eigenvalue weighted by Crippen LogP contribution is -2.28. The van der Waals surface area contributed by atoms with Gasteiger partial charge in [0, 0.05) is 17.7 Å². The van der Waals surface area contributed by atoms with E-state index in [2.05, 4.69) is 5.32 Å². The number of nitrogens with one attached hydrogen (secondary N) is 1. The van der Waals surface area contributed by atoms with E-state index in [9.17, 15) is 4.79 Å². The van der Waals surface area contributed by atoms with Crippen molar-refractivity contribution in [3.63, 3.8) is 0 Å². The summed E-state index contributed by atoms with van der Waals surface area (Å²) in [6.07, 6.45) is 4.72. The molecular weight excluding hydrogens is 314 g/mol. The number of hydrogen-bond donors (Lipinski definition) is 1. The zero-order valence-corrected chi connectivity index (χ0v) is 14.8. The minimum Gasteiger partial charge on any atom is -0.496 e. The maximum Gasteiger partial charge on any atom is 0.251 e. The number of carbonyl (C=O) groups excluding carboxylic acids is 1. The number of fused-ring (bicyclic) bond motifs is 1. The summed E-state index contributed by atoms with van der Waals surface area (Å²) in [5.41, 5.74) is 2.32. The van der Waals surface area contributed by atoms with E-state index < -0.39 is 0 Å². The summed E-state index contributed by atoms with van der Waals surface area (Å²) < 4.78 is 11.2. The highest BCUT2D eigenvalue weighted by molar-refractivity contribution is 5.95. The molecule has 4 nitrogen and oxygen atoms in total. The van der Waals surface area contributed by atoms with Gasteiger partial charge < -0.3 is 14.8 Å². The van der Waals surface area contributed by atoms with Crippen molar-refractivity contribution >= 4 is 12.0 Å². The summed E-state index contributed by atoms with van der Waals surface area (Å²) in [6, 6.07) is 13.4. The van der Waals surface area contributed by atoms with Crippen LogP contribution in [0.15, 0.2) is 48.5 Å². The van der Waals surface area contributed by atoms with Gasteiger partial charge in [-0.15, -0.1) is 0 Å². The summed E-state index contributed by atoms with van der Waals surface area (Å²) in [4.78, 5) is 12.4. The number of methoxy groups -OCH3 is 1. The standard InChI is InChI=1S/C21H23NO3/c1-21(2)12-10-16-14-17(8-9-19(16)25-21)20(23)22-13-11-15-6-4-5-7-18(15)24-3/h4-10,12,14H,11,13H2,1-3H3,(H,22,23). The van der Waals surface area contributed by atoms with Crippen LogP contribution in [-0.2, 0) is 6.42 Å². The normalized spacial score (nSPS) is 14.4. The van der Waals surface area contributed by atoms with E-state index in [1.165, 1.54) is 0 Å². The summed E-state index contributed by atoms with van der Waals surface area (Å²) in [6.45, 7) is 4.56. The molecule has 0 saturated carbocycles. The molecule has 1 heterocycles. The molecule has 1 aliphatic rings. The van der Waals surface area contributed by atoms with Gasteiger partial charge >= 0.3 is 0 Å². The fourth-order valence-corrected chi connectivity index (χ4v) is 2.84. The first kappa shape index (κ1) is 17.1. The minimum atomic E-state index is -0.314. The van der Waals surface area contributed by atoms with E-state index in [0.717, 1.165) is 29.0 Å². The van der Waals surface area contributed by atoms with Crippen LogP contribution in [0.2, 0.25) is 0 Å². The molecular formula is C21H23NO3. The van der Waals surface area contributed by atoms with Crippen molar-refractivity contribution in [3.8, 4) is 11.5 Å². The molecule has 1 N–H and O–H groups in total. The molecule has 0 unspecified atom stereocenters. The first-order valence-corrected chi connectivity index (χ1v) is 8.41. The van der Waals surface area contributed by atoms with Crippen molar-refractivity contribution < 1.29 is 14.3 Å². The molecule has 2 aromatic carbocycles. The van der Waals surface area contributed by atoms with Gasteiger partial charge in [-0.2, -0.15) is 0 Å². The van der Waals surface area contributed by atoms with Gasteiger partial charge in [0.15, 0.2) is 0 Å². The molecule has 0 fully saturated rings. The summed E-state index contributed by atoms with van der Waals surface area (Å²) in [5, 5.41) is 2.96. The Labute approximate surface area is 148 Å². The topological polar surface area (TPSA) is 47.6 Å². The molecule has 1 amide bonds. The molecule has 25 heavy (non-hydrogen) atoms. The number of benzene rings is 2. The summed E-state index contributed by atoms with van der Waals surface area (Å²) in [7, 11) is 1.65. The predicted molar refractivity (Wildman–Crippen MR) is 99.2 cm³/mol. The molecule has 130 valence electrons. The van der Waals surface area contributed by atoms with Gasteiger partial charge in [-0.1, -0.05) is 24.3 Å². The van der Waals surface area contributed by atoms with E-state index in [1.807, 2.05) is 62.4 Å². The Hall–Kier alpha value is -2.75. The van der Waals surface area contributed by atoms with Crippen LogP contribution in [0.1, 0.15) is 35.3 Å². The van der Waals surface area contributed by atoms with Crippen LogP contribution in [0.3, 0.4) is 0 Å². The van der Waals surface area contributed by atoms with E-state index >= 15 is 0 Å². The molecule has 0 radical (unpaired) electrons. The maximum atomic E-state index is 12.4. The van der Waals surface area contributed by atoms with Gasteiger partial charge in [-0.05, 0) is 56.2 Å². The van der Waals surface area contributed by atoms with Crippen LogP contribution in [0.25, 0.3) is 6.08 Å². The highest BCUT2D eigenvalue weighted by Crippen LogP contribution is 2.31. The van der Waals surface area contributed by atoms with Crippen molar-refractivity contribution in [2.75, 3.05) is 13.7 Å². The Morgan fingerprint density at radius 1 is 1.20 bits per heavy atom. The molecule has 0 aliphatic carbocycles. The first-order chi connectivity index (χ1) is 12.0. The Morgan fingerprint density at radius 3 is 2.80 bits per heavy atom. The van der Waals surface area contributed by atoms with E-state index in [4.69, 9.17) is 9.47 Å². The average molecular weight is 337 g/mol. The Bertz CT molecular complexity index is 809. The number of hydrogen-bond acceptors (Lipinski definition) is 3. The van der Waals surface area contributed by atoms with Crippen molar-refractivity contribution in [3.05, 3.63) is 65.2 Å². The molecule has 0 saturated heterocycles. The number of para-hydroxylation sites is 1. The van der Waals surface area contributed by atoms with Crippen LogP contribution in [0.5, 0.6) is 11.5 Å². The highest BCUT2D eigenvalue weighted by atomic mass is 16.5. The van der Waals surface area contributed by atoms with E-state index in [0.29, 0.717) is 12.1 Å². The van der Waals surface area contributed by atoms with Crippen LogP contribution in [0, 0.1) is 0 Å². The molecule has 2 aromatic rings. The minimum absolute atomic E-state index is 0.0871. The van der Waals surface area contributed by atoms with Crippen molar-refractivity contribution in [1.29, 1.82) is 0 Å².